The number of anilines is 1. The topological polar surface area (TPSA) is 27.7 Å². The fourth-order valence-corrected chi connectivity index (χ4v) is 4.22. The largest absolute Gasteiger partial charge is 0.379 e. The molecule has 0 saturated carbocycles. The molecule has 146 valence electrons. The second-order valence-electron chi connectivity index (χ2n) is 6.99. The SMILES string of the molecule is Cc1cccc(NC(=S)N(CCCN2CCOCC2)Cc2cccs2)c1C. The Balaban J connectivity index is 1.61. The second kappa shape index (κ2) is 10.2. The van der Waals surface area contributed by atoms with E-state index in [9.17, 15) is 0 Å². The van der Waals surface area contributed by atoms with Gasteiger partial charge >= 0.3 is 0 Å². The maximum Gasteiger partial charge on any atom is 0.173 e. The minimum Gasteiger partial charge on any atom is -0.379 e. The van der Waals surface area contributed by atoms with E-state index in [1.54, 1.807) is 11.3 Å². The summed E-state index contributed by atoms with van der Waals surface area (Å²) >= 11 is 7.58. The molecule has 0 aliphatic carbocycles. The summed E-state index contributed by atoms with van der Waals surface area (Å²) in [5, 5.41) is 6.41. The van der Waals surface area contributed by atoms with E-state index in [2.05, 4.69) is 64.7 Å². The molecular weight excluding hydrogens is 374 g/mol. The van der Waals surface area contributed by atoms with Crippen LogP contribution < -0.4 is 5.32 Å². The van der Waals surface area contributed by atoms with Gasteiger partial charge in [0, 0.05) is 36.7 Å². The molecule has 6 heteroatoms. The summed E-state index contributed by atoms with van der Waals surface area (Å²) < 4.78 is 5.44. The van der Waals surface area contributed by atoms with Crippen molar-refractivity contribution in [2.24, 2.45) is 0 Å². The van der Waals surface area contributed by atoms with Gasteiger partial charge in [0.2, 0.25) is 0 Å². The van der Waals surface area contributed by atoms with Crippen molar-refractivity contribution in [2.45, 2.75) is 26.8 Å². The van der Waals surface area contributed by atoms with Crippen molar-refractivity contribution in [1.29, 1.82) is 0 Å². The molecule has 2 aromatic rings. The summed E-state index contributed by atoms with van der Waals surface area (Å²) in [4.78, 5) is 6.11. The summed E-state index contributed by atoms with van der Waals surface area (Å²) in [5.74, 6) is 0. The van der Waals surface area contributed by atoms with E-state index in [0.29, 0.717) is 0 Å². The van der Waals surface area contributed by atoms with Crippen molar-refractivity contribution in [1.82, 2.24) is 9.80 Å². The molecular formula is C21H29N3OS2. The standard InChI is InChI=1S/C21H29N3OS2/c1-17-6-3-8-20(18(17)2)22-21(26)24(16-19-7-4-15-27-19)10-5-9-23-11-13-25-14-12-23/h3-4,6-8,15H,5,9-14,16H2,1-2H3,(H,22,26). The zero-order valence-electron chi connectivity index (χ0n) is 16.2. The Morgan fingerprint density at radius 2 is 2.04 bits per heavy atom. The van der Waals surface area contributed by atoms with E-state index in [1.165, 1.54) is 16.0 Å². The third-order valence-electron chi connectivity index (χ3n) is 5.07. The molecule has 4 nitrogen and oxygen atoms in total. The fraction of sp³-hybridized carbons (Fsp3) is 0.476. The number of thiocarbonyl (C=S) groups is 1. The zero-order valence-corrected chi connectivity index (χ0v) is 17.9. The van der Waals surface area contributed by atoms with Gasteiger partial charge in [-0.05, 0) is 61.1 Å². The minimum absolute atomic E-state index is 0.805. The normalized spacial score (nSPS) is 14.9. The highest BCUT2D eigenvalue weighted by molar-refractivity contribution is 7.80. The van der Waals surface area contributed by atoms with Gasteiger partial charge in [-0.1, -0.05) is 18.2 Å². The number of hydrogen-bond donors (Lipinski definition) is 1. The summed E-state index contributed by atoms with van der Waals surface area (Å²) in [7, 11) is 0. The van der Waals surface area contributed by atoms with Crippen LogP contribution in [0.1, 0.15) is 22.4 Å². The molecule has 1 aromatic heterocycles. The molecule has 0 unspecified atom stereocenters. The molecule has 3 rings (SSSR count). The van der Waals surface area contributed by atoms with Crippen molar-refractivity contribution in [3.63, 3.8) is 0 Å². The van der Waals surface area contributed by atoms with Gasteiger partial charge in [-0.25, -0.2) is 0 Å². The highest BCUT2D eigenvalue weighted by atomic mass is 32.1. The van der Waals surface area contributed by atoms with Crippen LogP contribution in [0.25, 0.3) is 0 Å². The second-order valence-corrected chi connectivity index (χ2v) is 8.41. The van der Waals surface area contributed by atoms with E-state index in [0.717, 1.165) is 63.2 Å². The smallest absolute Gasteiger partial charge is 0.173 e. The Hall–Kier alpha value is -1.47. The minimum atomic E-state index is 0.805. The average molecular weight is 404 g/mol. The Morgan fingerprint density at radius 3 is 2.78 bits per heavy atom. The van der Waals surface area contributed by atoms with Gasteiger partial charge in [0.15, 0.2) is 5.11 Å². The summed E-state index contributed by atoms with van der Waals surface area (Å²) in [5.41, 5.74) is 3.63. The first-order valence-electron chi connectivity index (χ1n) is 9.58. The lowest BCUT2D eigenvalue weighted by molar-refractivity contribution is 0.0368. The molecule has 1 aliphatic rings. The van der Waals surface area contributed by atoms with Crippen LogP contribution in [0.3, 0.4) is 0 Å². The quantitative estimate of drug-likeness (QED) is 0.697. The van der Waals surface area contributed by atoms with Crippen molar-refractivity contribution in [2.75, 3.05) is 44.7 Å². The third-order valence-corrected chi connectivity index (χ3v) is 6.29. The molecule has 0 bridgehead atoms. The lowest BCUT2D eigenvalue weighted by Gasteiger charge is -2.29. The predicted octanol–water partition coefficient (Wildman–Crippen LogP) is 4.29. The predicted molar refractivity (Wildman–Crippen MR) is 119 cm³/mol. The van der Waals surface area contributed by atoms with Crippen molar-refractivity contribution < 1.29 is 4.74 Å². The lowest BCUT2D eigenvalue weighted by atomic mass is 10.1. The molecule has 0 radical (unpaired) electrons. The molecule has 1 fully saturated rings. The maximum atomic E-state index is 5.79. The summed E-state index contributed by atoms with van der Waals surface area (Å²) in [6.07, 6.45) is 1.10. The molecule has 0 spiro atoms. The number of rotatable bonds is 7. The van der Waals surface area contributed by atoms with Crippen molar-refractivity contribution >= 4 is 34.4 Å². The number of morpholine rings is 1. The molecule has 2 heterocycles. The van der Waals surface area contributed by atoms with Crippen molar-refractivity contribution in [3.8, 4) is 0 Å². The van der Waals surface area contributed by atoms with Gasteiger partial charge in [-0.2, -0.15) is 0 Å². The van der Waals surface area contributed by atoms with Crippen LogP contribution in [0.5, 0.6) is 0 Å². The molecule has 1 N–H and O–H groups in total. The lowest BCUT2D eigenvalue weighted by Crippen LogP contribution is -2.40. The van der Waals surface area contributed by atoms with E-state index < -0.39 is 0 Å². The zero-order chi connectivity index (χ0) is 19.1. The highest BCUT2D eigenvalue weighted by Crippen LogP contribution is 2.20. The third kappa shape index (κ3) is 6.01. The van der Waals surface area contributed by atoms with E-state index in [-0.39, 0.29) is 0 Å². The van der Waals surface area contributed by atoms with Crippen LogP contribution >= 0.6 is 23.6 Å². The number of ether oxygens (including phenoxy) is 1. The first-order valence-corrected chi connectivity index (χ1v) is 10.9. The molecule has 1 saturated heterocycles. The monoisotopic (exact) mass is 403 g/mol. The fourth-order valence-electron chi connectivity index (χ4n) is 3.23. The van der Waals surface area contributed by atoms with Crippen LogP contribution in [0.2, 0.25) is 0 Å². The van der Waals surface area contributed by atoms with Crippen LogP contribution in [-0.2, 0) is 11.3 Å². The van der Waals surface area contributed by atoms with E-state index in [4.69, 9.17) is 17.0 Å². The Kier molecular flexibility index (Phi) is 7.64. The molecule has 27 heavy (non-hydrogen) atoms. The number of nitrogens with zero attached hydrogens (tertiary/aromatic N) is 2. The van der Waals surface area contributed by atoms with Crippen molar-refractivity contribution in [3.05, 3.63) is 51.7 Å². The van der Waals surface area contributed by atoms with Gasteiger partial charge in [0.1, 0.15) is 0 Å². The number of nitrogens with one attached hydrogen (secondary N) is 1. The number of hydrogen-bond acceptors (Lipinski definition) is 4. The molecule has 0 amide bonds. The van der Waals surface area contributed by atoms with Crippen LogP contribution in [0, 0.1) is 13.8 Å². The van der Waals surface area contributed by atoms with Gasteiger partial charge in [0.25, 0.3) is 0 Å². The van der Waals surface area contributed by atoms with E-state index in [1.807, 2.05) is 0 Å². The number of aryl methyl sites for hydroxylation is 1. The van der Waals surface area contributed by atoms with Crippen LogP contribution in [-0.4, -0.2) is 54.3 Å². The number of thiophene rings is 1. The first-order chi connectivity index (χ1) is 13.1. The first kappa shape index (κ1) is 20.3. The summed E-state index contributed by atoms with van der Waals surface area (Å²) in [6.45, 7) is 11.0. The molecule has 1 aliphatic heterocycles. The average Bonchev–Trinajstić information content (AvgIpc) is 3.19. The van der Waals surface area contributed by atoms with Gasteiger partial charge in [-0.3, -0.25) is 4.90 Å². The van der Waals surface area contributed by atoms with E-state index >= 15 is 0 Å². The van der Waals surface area contributed by atoms with Crippen LogP contribution in [0.4, 0.5) is 5.69 Å². The summed E-state index contributed by atoms with van der Waals surface area (Å²) in [6, 6.07) is 10.6. The number of benzene rings is 1. The molecule has 0 atom stereocenters. The van der Waals surface area contributed by atoms with Crippen LogP contribution in [0.15, 0.2) is 35.7 Å². The van der Waals surface area contributed by atoms with Gasteiger partial charge in [-0.15, -0.1) is 11.3 Å². The Morgan fingerprint density at radius 1 is 1.22 bits per heavy atom. The Labute approximate surface area is 172 Å². The molecule has 1 aromatic carbocycles. The highest BCUT2D eigenvalue weighted by Gasteiger charge is 2.15. The van der Waals surface area contributed by atoms with Gasteiger partial charge in [0.05, 0.1) is 19.8 Å². The Bertz CT molecular complexity index is 727. The van der Waals surface area contributed by atoms with Gasteiger partial charge < -0.3 is 15.0 Å². The maximum absolute atomic E-state index is 5.79.